The van der Waals surface area contributed by atoms with E-state index in [9.17, 15) is 13.2 Å². The molecule has 0 bridgehead atoms. The molecule has 0 atom stereocenters. The Morgan fingerprint density at radius 2 is 1.76 bits per heavy atom. The summed E-state index contributed by atoms with van der Waals surface area (Å²) in [6.45, 7) is 1.07. The average molecular weight is 334 g/mol. The van der Waals surface area contributed by atoms with Gasteiger partial charge in [-0.25, -0.2) is 0 Å². The van der Waals surface area contributed by atoms with E-state index in [2.05, 4.69) is 9.62 Å². The Labute approximate surface area is 128 Å². The zero-order valence-corrected chi connectivity index (χ0v) is 12.8. The summed E-state index contributed by atoms with van der Waals surface area (Å²) in [5.74, 6) is -1.21. The zero-order valence-electron chi connectivity index (χ0n) is 11.2. The molecule has 1 heterocycles. The summed E-state index contributed by atoms with van der Waals surface area (Å²) in [6.07, 6.45) is 0. The van der Waals surface area contributed by atoms with Gasteiger partial charge in [0.1, 0.15) is 6.54 Å². The van der Waals surface area contributed by atoms with Crippen molar-refractivity contribution in [2.24, 2.45) is 0 Å². The summed E-state index contributed by atoms with van der Waals surface area (Å²) in [5, 5.41) is 9.17. The van der Waals surface area contributed by atoms with Gasteiger partial charge < -0.3 is 10.0 Å². The number of carbonyl (C=O) groups is 1. The van der Waals surface area contributed by atoms with Crippen molar-refractivity contribution < 1.29 is 18.3 Å². The van der Waals surface area contributed by atoms with Crippen LogP contribution >= 0.6 is 11.6 Å². The van der Waals surface area contributed by atoms with E-state index in [1.54, 1.807) is 12.1 Å². The Morgan fingerprint density at radius 1 is 1.19 bits per heavy atom. The molecule has 1 aliphatic rings. The molecule has 7 nitrogen and oxygen atoms in total. The van der Waals surface area contributed by atoms with E-state index in [0.717, 1.165) is 5.69 Å². The summed E-state index contributed by atoms with van der Waals surface area (Å²) in [4.78, 5) is 12.5. The Morgan fingerprint density at radius 3 is 2.29 bits per heavy atom. The van der Waals surface area contributed by atoms with Crippen LogP contribution in [0.1, 0.15) is 0 Å². The minimum atomic E-state index is -3.74. The standard InChI is InChI=1S/C12H16ClN3O4S/c13-10-1-3-11(4-2-10)15-5-7-16(8-6-15)21(19,20)14-9-12(17)18/h1-4,14H,5-9H2,(H,17,18). The SMILES string of the molecule is O=C(O)CNS(=O)(=O)N1CCN(c2ccc(Cl)cc2)CC1. The number of benzene rings is 1. The van der Waals surface area contributed by atoms with E-state index in [-0.39, 0.29) is 0 Å². The topological polar surface area (TPSA) is 89.9 Å². The van der Waals surface area contributed by atoms with Crippen LogP contribution in [-0.4, -0.2) is 56.5 Å². The molecule has 0 amide bonds. The number of anilines is 1. The molecule has 1 fully saturated rings. The van der Waals surface area contributed by atoms with Gasteiger partial charge in [-0.3, -0.25) is 4.79 Å². The number of hydrogen-bond donors (Lipinski definition) is 2. The van der Waals surface area contributed by atoms with E-state index in [1.807, 2.05) is 12.1 Å². The van der Waals surface area contributed by atoms with Crippen LogP contribution in [0.3, 0.4) is 0 Å². The first-order valence-electron chi connectivity index (χ1n) is 6.35. The fourth-order valence-corrected chi connectivity index (χ4v) is 3.34. The van der Waals surface area contributed by atoms with Crippen LogP contribution in [-0.2, 0) is 15.0 Å². The van der Waals surface area contributed by atoms with Crippen molar-refractivity contribution >= 4 is 33.5 Å². The molecule has 116 valence electrons. The predicted octanol–water partition coefficient (Wildman–Crippen LogP) is 0.381. The van der Waals surface area contributed by atoms with Crippen LogP contribution in [0.4, 0.5) is 5.69 Å². The van der Waals surface area contributed by atoms with E-state index in [1.165, 1.54) is 4.31 Å². The molecule has 1 aliphatic heterocycles. The van der Waals surface area contributed by atoms with Crippen molar-refractivity contribution in [3.63, 3.8) is 0 Å². The monoisotopic (exact) mass is 333 g/mol. The van der Waals surface area contributed by atoms with Crippen molar-refractivity contribution in [3.8, 4) is 0 Å². The summed E-state index contributed by atoms with van der Waals surface area (Å²) < 4.78 is 27.1. The molecule has 0 spiro atoms. The summed E-state index contributed by atoms with van der Waals surface area (Å²) in [7, 11) is -3.74. The van der Waals surface area contributed by atoms with E-state index >= 15 is 0 Å². The molecule has 0 aliphatic carbocycles. The average Bonchev–Trinajstić information content (AvgIpc) is 2.46. The maximum Gasteiger partial charge on any atom is 0.318 e. The Balaban J connectivity index is 1.93. The Hall–Kier alpha value is -1.35. The van der Waals surface area contributed by atoms with Gasteiger partial charge in [-0.1, -0.05) is 11.6 Å². The fraction of sp³-hybridized carbons (Fsp3) is 0.417. The Bertz CT molecular complexity index is 597. The van der Waals surface area contributed by atoms with Gasteiger partial charge in [0.2, 0.25) is 0 Å². The number of aliphatic carboxylic acids is 1. The van der Waals surface area contributed by atoms with E-state index in [4.69, 9.17) is 16.7 Å². The van der Waals surface area contributed by atoms with Gasteiger partial charge in [0.25, 0.3) is 10.2 Å². The third kappa shape index (κ3) is 4.31. The van der Waals surface area contributed by atoms with Crippen LogP contribution < -0.4 is 9.62 Å². The van der Waals surface area contributed by atoms with Crippen molar-refractivity contribution in [1.29, 1.82) is 0 Å². The summed E-state index contributed by atoms with van der Waals surface area (Å²) in [5.41, 5.74) is 0.981. The third-order valence-corrected chi connectivity index (χ3v) is 4.98. The van der Waals surface area contributed by atoms with Crippen LogP contribution in [0.25, 0.3) is 0 Å². The molecule has 9 heteroatoms. The highest BCUT2D eigenvalue weighted by Gasteiger charge is 2.27. The number of nitrogens with zero attached hydrogens (tertiary/aromatic N) is 2. The largest absolute Gasteiger partial charge is 0.480 e. The maximum absolute atomic E-state index is 11.9. The second-order valence-corrected chi connectivity index (χ2v) is 6.77. The molecule has 1 aromatic carbocycles. The highest BCUT2D eigenvalue weighted by atomic mass is 35.5. The summed E-state index contributed by atoms with van der Waals surface area (Å²) >= 11 is 5.83. The van der Waals surface area contributed by atoms with Gasteiger partial charge in [0.05, 0.1) is 0 Å². The number of nitrogens with one attached hydrogen (secondary N) is 1. The van der Waals surface area contributed by atoms with E-state index in [0.29, 0.717) is 31.2 Å². The predicted molar refractivity (Wildman–Crippen MR) is 79.8 cm³/mol. The molecule has 2 N–H and O–H groups in total. The summed E-state index contributed by atoms with van der Waals surface area (Å²) in [6, 6.07) is 7.34. The first-order valence-corrected chi connectivity index (χ1v) is 8.17. The number of carboxylic acids is 1. The van der Waals surface area contributed by atoms with Gasteiger partial charge in [-0.15, -0.1) is 0 Å². The van der Waals surface area contributed by atoms with Gasteiger partial charge in [0, 0.05) is 36.9 Å². The zero-order chi connectivity index (χ0) is 15.5. The molecule has 0 radical (unpaired) electrons. The van der Waals surface area contributed by atoms with Gasteiger partial charge in [0.15, 0.2) is 0 Å². The lowest BCUT2D eigenvalue weighted by Gasteiger charge is -2.35. The lowest BCUT2D eigenvalue weighted by Crippen LogP contribution is -2.52. The molecule has 1 saturated heterocycles. The minimum absolute atomic E-state index is 0.303. The number of carboxylic acid groups (broad SMARTS) is 1. The van der Waals surface area contributed by atoms with Crippen LogP contribution in [0.5, 0.6) is 0 Å². The second-order valence-electron chi connectivity index (χ2n) is 4.58. The molecule has 0 unspecified atom stereocenters. The third-order valence-electron chi connectivity index (χ3n) is 3.18. The molecule has 21 heavy (non-hydrogen) atoms. The number of rotatable bonds is 5. The lowest BCUT2D eigenvalue weighted by atomic mass is 10.2. The highest BCUT2D eigenvalue weighted by Crippen LogP contribution is 2.19. The van der Waals surface area contributed by atoms with E-state index < -0.39 is 22.7 Å². The number of piperazine rings is 1. The smallest absolute Gasteiger partial charge is 0.318 e. The molecular formula is C12H16ClN3O4S. The van der Waals surface area contributed by atoms with Crippen LogP contribution in [0.2, 0.25) is 5.02 Å². The van der Waals surface area contributed by atoms with Crippen LogP contribution in [0.15, 0.2) is 24.3 Å². The second kappa shape index (κ2) is 6.61. The van der Waals surface area contributed by atoms with Crippen molar-refractivity contribution in [2.75, 3.05) is 37.6 Å². The lowest BCUT2D eigenvalue weighted by molar-refractivity contribution is -0.135. The van der Waals surface area contributed by atoms with Gasteiger partial charge >= 0.3 is 5.97 Å². The normalized spacial score (nSPS) is 16.9. The maximum atomic E-state index is 11.9. The molecular weight excluding hydrogens is 318 g/mol. The number of hydrogen-bond acceptors (Lipinski definition) is 4. The number of halogens is 1. The van der Waals surface area contributed by atoms with Crippen molar-refractivity contribution in [2.45, 2.75) is 0 Å². The van der Waals surface area contributed by atoms with Crippen molar-refractivity contribution in [3.05, 3.63) is 29.3 Å². The quantitative estimate of drug-likeness (QED) is 0.813. The van der Waals surface area contributed by atoms with Gasteiger partial charge in [-0.2, -0.15) is 17.4 Å². The Kier molecular flexibility index (Phi) is 5.04. The van der Waals surface area contributed by atoms with Crippen LogP contribution in [0, 0.1) is 0 Å². The first-order chi connectivity index (χ1) is 9.88. The molecule has 0 aromatic heterocycles. The van der Waals surface area contributed by atoms with Crippen molar-refractivity contribution in [1.82, 2.24) is 9.03 Å². The van der Waals surface area contributed by atoms with Gasteiger partial charge in [-0.05, 0) is 24.3 Å². The minimum Gasteiger partial charge on any atom is -0.480 e. The molecule has 1 aromatic rings. The molecule has 0 saturated carbocycles. The fourth-order valence-electron chi connectivity index (χ4n) is 2.08. The first kappa shape index (κ1) is 16.0. The highest BCUT2D eigenvalue weighted by molar-refractivity contribution is 7.87. The molecule has 2 rings (SSSR count).